The summed E-state index contributed by atoms with van der Waals surface area (Å²) in [7, 11) is 2.11. The van der Waals surface area contributed by atoms with E-state index in [1.165, 1.54) is 6.20 Å². The smallest absolute Gasteiger partial charge is 0.329 e. The summed E-state index contributed by atoms with van der Waals surface area (Å²) >= 11 is 0. The van der Waals surface area contributed by atoms with Gasteiger partial charge in [0.05, 0.1) is 4.92 Å². The Morgan fingerprint density at radius 3 is 2.76 bits per heavy atom. The predicted molar refractivity (Wildman–Crippen MR) is 81.6 cm³/mol. The Balaban J connectivity index is 2.02. The van der Waals surface area contributed by atoms with Crippen molar-refractivity contribution >= 4 is 17.5 Å². The van der Waals surface area contributed by atoms with Crippen LogP contribution in [-0.2, 0) is 0 Å². The lowest BCUT2D eigenvalue weighted by Gasteiger charge is -2.29. The molecule has 0 saturated carbocycles. The van der Waals surface area contributed by atoms with Crippen LogP contribution in [0.15, 0.2) is 6.20 Å². The Morgan fingerprint density at radius 2 is 2.14 bits per heavy atom. The zero-order valence-electron chi connectivity index (χ0n) is 12.5. The maximum Gasteiger partial charge on any atom is 0.329 e. The zero-order chi connectivity index (χ0) is 15.2. The summed E-state index contributed by atoms with van der Waals surface area (Å²) in [5.41, 5.74) is -0.0791. The van der Waals surface area contributed by atoms with Crippen molar-refractivity contribution < 1.29 is 4.92 Å². The van der Waals surface area contributed by atoms with Gasteiger partial charge in [-0.15, -0.1) is 0 Å². The number of nitrogens with one attached hydrogen (secondary N) is 2. The lowest BCUT2D eigenvalue weighted by Crippen LogP contribution is -2.33. The highest BCUT2D eigenvalue weighted by atomic mass is 16.6. The summed E-state index contributed by atoms with van der Waals surface area (Å²) in [6.45, 7) is 5.45. The molecule has 0 bridgehead atoms. The average molecular weight is 294 g/mol. The monoisotopic (exact) mass is 294 g/mol. The predicted octanol–water partition coefficient (Wildman–Crippen LogP) is 1.57. The Kier molecular flexibility index (Phi) is 5.26. The number of hydrogen-bond donors (Lipinski definition) is 2. The van der Waals surface area contributed by atoms with Gasteiger partial charge in [0.1, 0.15) is 6.20 Å². The largest absolute Gasteiger partial charge is 0.364 e. The number of piperidine rings is 1. The number of aromatic nitrogens is 2. The van der Waals surface area contributed by atoms with Crippen LogP contribution < -0.4 is 10.6 Å². The first-order valence-electron chi connectivity index (χ1n) is 7.28. The maximum atomic E-state index is 11.0. The van der Waals surface area contributed by atoms with E-state index in [4.69, 9.17) is 0 Å². The summed E-state index contributed by atoms with van der Waals surface area (Å²) in [6, 6.07) is 0. The standard InChI is InChI=1S/C13H22N6O2/c1-3-14-13-16-9-11(19(20)21)12(17-13)15-8-10-4-6-18(2)7-5-10/h9-10H,3-8H2,1-2H3,(H2,14,15,16,17). The van der Waals surface area contributed by atoms with Crippen LogP contribution in [0.3, 0.4) is 0 Å². The molecule has 1 fully saturated rings. The van der Waals surface area contributed by atoms with Crippen molar-refractivity contribution in [2.24, 2.45) is 5.92 Å². The third kappa shape index (κ3) is 4.25. The SMILES string of the molecule is CCNc1ncc([N+](=O)[O-])c(NCC2CCN(C)CC2)n1. The van der Waals surface area contributed by atoms with Gasteiger partial charge in [-0.05, 0) is 45.8 Å². The van der Waals surface area contributed by atoms with E-state index in [0.717, 1.165) is 25.9 Å². The van der Waals surface area contributed by atoms with Gasteiger partial charge in [0.15, 0.2) is 0 Å². The van der Waals surface area contributed by atoms with Crippen molar-refractivity contribution in [1.29, 1.82) is 0 Å². The summed E-state index contributed by atoms with van der Waals surface area (Å²) in [6.07, 6.45) is 3.45. The number of anilines is 2. The second-order valence-corrected chi connectivity index (χ2v) is 5.34. The molecular weight excluding hydrogens is 272 g/mol. The second kappa shape index (κ2) is 7.16. The van der Waals surface area contributed by atoms with Crippen LogP contribution in [0, 0.1) is 16.0 Å². The molecule has 0 spiro atoms. The van der Waals surface area contributed by atoms with Crippen LogP contribution in [0.25, 0.3) is 0 Å². The fourth-order valence-corrected chi connectivity index (χ4v) is 2.39. The van der Waals surface area contributed by atoms with E-state index in [9.17, 15) is 10.1 Å². The van der Waals surface area contributed by atoms with Crippen molar-refractivity contribution in [3.05, 3.63) is 16.3 Å². The third-order valence-electron chi connectivity index (χ3n) is 3.70. The van der Waals surface area contributed by atoms with Gasteiger partial charge in [-0.2, -0.15) is 4.98 Å². The first-order chi connectivity index (χ1) is 10.1. The van der Waals surface area contributed by atoms with Crippen molar-refractivity contribution in [3.8, 4) is 0 Å². The average Bonchev–Trinajstić information content (AvgIpc) is 2.47. The van der Waals surface area contributed by atoms with Gasteiger partial charge in [-0.25, -0.2) is 4.98 Å². The minimum Gasteiger partial charge on any atom is -0.364 e. The summed E-state index contributed by atoms with van der Waals surface area (Å²) in [5.74, 6) is 1.23. The van der Waals surface area contributed by atoms with Crippen LogP contribution >= 0.6 is 0 Å². The minimum absolute atomic E-state index is 0.0791. The molecule has 0 unspecified atom stereocenters. The molecule has 0 amide bonds. The van der Waals surface area contributed by atoms with Crippen LogP contribution in [0.2, 0.25) is 0 Å². The van der Waals surface area contributed by atoms with Crippen molar-refractivity contribution in [1.82, 2.24) is 14.9 Å². The number of hydrogen-bond acceptors (Lipinski definition) is 7. The molecule has 1 aliphatic heterocycles. The van der Waals surface area contributed by atoms with Gasteiger partial charge >= 0.3 is 5.69 Å². The fourth-order valence-electron chi connectivity index (χ4n) is 2.39. The number of nitro groups is 1. The Labute approximate surface area is 124 Å². The van der Waals surface area contributed by atoms with E-state index in [0.29, 0.717) is 30.8 Å². The van der Waals surface area contributed by atoms with Crippen LogP contribution in [0.1, 0.15) is 19.8 Å². The number of rotatable bonds is 6. The lowest BCUT2D eigenvalue weighted by atomic mass is 9.97. The van der Waals surface area contributed by atoms with Gasteiger partial charge in [0, 0.05) is 13.1 Å². The first-order valence-corrected chi connectivity index (χ1v) is 7.28. The highest BCUT2D eigenvalue weighted by Gasteiger charge is 2.20. The zero-order valence-corrected chi connectivity index (χ0v) is 12.5. The summed E-state index contributed by atoms with van der Waals surface area (Å²) in [5, 5.41) is 17.1. The summed E-state index contributed by atoms with van der Waals surface area (Å²) in [4.78, 5) is 21.0. The molecule has 8 nitrogen and oxygen atoms in total. The maximum absolute atomic E-state index is 11.0. The van der Waals surface area contributed by atoms with Gasteiger partial charge < -0.3 is 15.5 Å². The van der Waals surface area contributed by atoms with Crippen LogP contribution in [0.5, 0.6) is 0 Å². The number of likely N-dealkylation sites (tertiary alicyclic amines) is 1. The van der Waals surface area contributed by atoms with Crippen molar-refractivity contribution in [2.75, 3.05) is 43.9 Å². The fraction of sp³-hybridized carbons (Fsp3) is 0.692. The quantitative estimate of drug-likeness (QED) is 0.607. The number of nitrogens with zero attached hydrogens (tertiary/aromatic N) is 4. The van der Waals surface area contributed by atoms with Crippen LogP contribution in [0.4, 0.5) is 17.5 Å². The minimum atomic E-state index is -0.452. The molecular formula is C13H22N6O2. The lowest BCUT2D eigenvalue weighted by molar-refractivity contribution is -0.384. The van der Waals surface area contributed by atoms with Gasteiger partial charge in [0.25, 0.3) is 0 Å². The summed E-state index contributed by atoms with van der Waals surface area (Å²) < 4.78 is 0. The molecule has 116 valence electrons. The van der Waals surface area contributed by atoms with E-state index >= 15 is 0 Å². The highest BCUT2D eigenvalue weighted by molar-refractivity contribution is 5.56. The van der Waals surface area contributed by atoms with Crippen molar-refractivity contribution in [3.63, 3.8) is 0 Å². The Bertz CT molecular complexity index is 488. The van der Waals surface area contributed by atoms with Crippen molar-refractivity contribution in [2.45, 2.75) is 19.8 Å². The first kappa shape index (κ1) is 15.4. The molecule has 0 atom stereocenters. The topological polar surface area (TPSA) is 96.2 Å². The van der Waals surface area contributed by atoms with E-state index in [2.05, 4.69) is 32.5 Å². The van der Waals surface area contributed by atoms with E-state index in [1.54, 1.807) is 0 Å². The Hall–Kier alpha value is -1.96. The molecule has 0 radical (unpaired) electrons. The molecule has 8 heteroatoms. The van der Waals surface area contributed by atoms with Gasteiger partial charge in [-0.1, -0.05) is 0 Å². The third-order valence-corrected chi connectivity index (χ3v) is 3.70. The second-order valence-electron chi connectivity index (χ2n) is 5.34. The van der Waals surface area contributed by atoms with E-state index in [-0.39, 0.29) is 5.69 Å². The van der Waals surface area contributed by atoms with Gasteiger partial charge in [-0.3, -0.25) is 10.1 Å². The molecule has 2 N–H and O–H groups in total. The molecule has 1 aliphatic rings. The normalized spacial score (nSPS) is 16.7. The highest BCUT2D eigenvalue weighted by Crippen LogP contribution is 2.23. The molecule has 2 rings (SSSR count). The molecule has 21 heavy (non-hydrogen) atoms. The molecule has 1 saturated heterocycles. The van der Waals surface area contributed by atoms with Crippen LogP contribution in [-0.4, -0.2) is 53.0 Å². The molecule has 0 aliphatic carbocycles. The Morgan fingerprint density at radius 1 is 1.43 bits per heavy atom. The molecule has 1 aromatic heterocycles. The van der Waals surface area contributed by atoms with E-state index < -0.39 is 4.92 Å². The molecule has 1 aromatic rings. The van der Waals surface area contributed by atoms with Gasteiger partial charge in [0.2, 0.25) is 11.8 Å². The molecule has 0 aromatic carbocycles. The molecule has 2 heterocycles. The van der Waals surface area contributed by atoms with E-state index in [1.807, 2.05) is 6.92 Å².